The Morgan fingerprint density at radius 2 is 1.94 bits per heavy atom. The van der Waals surface area contributed by atoms with Gasteiger partial charge in [-0.25, -0.2) is 0 Å². The van der Waals surface area contributed by atoms with Crippen molar-refractivity contribution in [2.75, 3.05) is 6.54 Å². The van der Waals surface area contributed by atoms with E-state index in [1.807, 2.05) is 24.3 Å². The van der Waals surface area contributed by atoms with Crippen LogP contribution in [0.15, 0.2) is 24.3 Å². The largest absolute Gasteiger partial charge is 0.387 e. The van der Waals surface area contributed by atoms with Crippen LogP contribution in [0, 0.1) is 0 Å². The van der Waals surface area contributed by atoms with Crippen molar-refractivity contribution in [2.45, 2.75) is 44.2 Å². The third kappa shape index (κ3) is 3.70. The van der Waals surface area contributed by atoms with Crippen LogP contribution in [0.5, 0.6) is 0 Å². The number of nitrogens with one attached hydrogen (secondary N) is 1. The quantitative estimate of drug-likeness (QED) is 0.863. The molecule has 2 N–H and O–H groups in total. The molecule has 2 rings (SSSR count). The summed E-state index contributed by atoms with van der Waals surface area (Å²) in [6.45, 7) is 0.592. The van der Waals surface area contributed by atoms with Crippen molar-refractivity contribution in [3.8, 4) is 0 Å². The zero-order valence-corrected chi connectivity index (χ0v) is 10.8. The van der Waals surface area contributed by atoms with Gasteiger partial charge in [-0.15, -0.1) is 0 Å². The van der Waals surface area contributed by atoms with Crippen LogP contribution in [0.4, 0.5) is 0 Å². The van der Waals surface area contributed by atoms with Gasteiger partial charge in [-0.2, -0.15) is 0 Å². The number of aliphatic hydroxyl groups excluding tert-OH is 1. The predicted octanol–water partition coefficient (Wildman–Crippen LogP) is 3.30. The van der Waals surface area contributed by atoms with Gasteiger partial charge >= 0.3 is 0 Å². The van der Waals surface area contributed by atoms with Gasteiger partial charge < -0.3 is 10.4 Å². The summed E-state index contributed by atoms with van der Waals surface area (Å²) in [4.78, 5) is 0. The molecule has 0 aliphatic heterocycles. The number of benzene rings is 1. The molecule has 0 saturated heterocycles. The first-order chi connectivity index (χ1) is 8.27. The first-order valence-electron chi connectivity index (χ1n) is 6.43. The van der Waals surface area contributed by atoms with Crippen molar-refractivity contribution in [2.24, 2.45) is 0 Å². The maximum atomic E-state index is 10.1. The lowest BCUT2D eigenvalue weighted by molar-refractivity contribution is 0.165. The fraction of sp³-hybridized carbons (Fsp3) is 0.571. The van der Waals surface area contributed by atoms with E-state index in [0.717, 1.165) is 5.56 Å². The summed E-state index contributed by atoms with van der Waals surface area (Å²) in [5.74, 6) is 0. The molecule has 1 atom stereocenters. The zero-order valence-electron chi connectivity index (χ0n) is 10.0. The van der Waals surface area contributed by atoms with Gasteiger partial charge in [0.15, 0.2) is 0 Å². The topological polar surface area (TPSA) is 32.3 Å². The lowest BCUT2D eigenvalue weighted by Crippen LogP contribution is -2.34. The highest BCUT2D eigenvalue weighted by Gasteiger charge is 2.16. The first kappa shape index (κ1) is 12.9. The van der Waals surface area contributed by atoms with Crippen LogP contribution in [0.1, 0.15) is 43.8 Å². The Morgan fingerprint density at radius 3 is 2.65 bits per heavy atom. The summed E-state index contributed by atoms with van der Waals surface area (Å²) in [6.07, 6.45) is 5.92. The molecule has 1 aliphatic carbocycles. The Bertz CT molecular complexity index is 350. The van der Waals surface area contributed by atoms with Crippen LogP contribution in [0.3, 0.4) is 0 Å². The molecule has 1 aromatic carbocycles. The van der Waals surface area contributed by atoms with E-state index >= 15 is 0 Å². The number of rotatable bonds is 4. The molecule has 0 bridgehead atoms. The Balaban J connectivity index is 1.84. The van der Waals surface area contributed by atoms with Gasteiger partial charge in [0.25, 0.3) is 0 Å². The van der Waals surface area contributed by atoms with Gasteiger partial charge in [0.2, 0.25) is 0 Å². The van der Waals surface area contributed by atoms with Gasteiger partial charge in [-0.1, -0.05) is 49.1 Å². The van der Waals surface area contributed by atoms with E-state index in [2.05, 4.69) is 5.32 Å². The maximum Gasteiger partial charge on any atom is 0.0928 e. The van der Waals surface area contributed by atoms with E-state index in [4.69, 9.17) is 11.6 Å². The van der Waals surface area contributed by atoms with Crippen molar-refractivity contribution in [1.29, 1.82) is 0 Å². The highest BCUT2D eigenvalue weighted by atomic mass is 35.5. The SMILES string of the molecule is OC(CNC1CCCCC1)c1ccccc1Cl. The molecule has 0 heterocycles. The van der Waals surface area contributed by atoms with E-state index < -0.39 is 6.10 Å². The second-order valence-corrected chi connectivity index (χ2v) is 5.19. The standard InChI is InChI=1S/C14H20ClNO/c15-13-9-5-4-8-12(13)14(17)10-16-11-6-2-1-3-7-11/h4-5,8-9,11,14,16-17H,1-3,6-7,10H2. The lowest BCUT2D eigenvalue weighted by atomic mass is 9.95. The summed E-state index contributed by atoms with van der Waals surface area (Å²) in [5, 5.41) is 14.2. The first-order valence-corrected chi connectivity index (χ1v) is 6.81. The molecular weight excluding hydrogens is 234 g/mol. The Hall–Kier alpha value is -0.570. The van der Waals surface area contributed by atoms with E-state index in [1.165, 1.54) is 32.1 Å². The highest BCUT2D eigenvalue weighted by molar-refractivity contribution is 6.31. The highest BCUT2D eigenvalue weighted by Crippen LogP contribution is 2.23. The van der Waals surface area contributed by atoms with Gasteiger partial charge in [0.05, 0.1) is 6.10 Å². The second kappa shape index (κ2) is 6.39. The van der Waals surface area contributed by atoms with Crippen LogP contribution >= 0.6 is 11.6 Å². The van der Waals surface area contributed by atoms with Crippen LogP contribution in [-0.4, -0.2) is 17.7 Å². The molecule has 2 nitrogen and oxygen atoms in total. The molecule has 0 radical (unpaired) electrons. The Morgan fingerprint density at radius 1 is 1.24 bits per heavy atom. The summed E-state index contributed by atoms with van der Waals surface area (Å²) >= 11 is 6.05. The van der Waals surface area contributed by atoms with E-state index in [-0.39, 0.29) is 0 Å². The second-order valence-electron chi connectivity index (χ2n) is 4.78. The van der Waals surface area contributed by atoms with Crippen LogP contribution in [0.2, 0.25) is 5.02 Å². The van der Waals surface area contributed by atoms with Crippen molar-refractivity contribution in [3.63, 3.8) is 0 Å². The summed E-state index contributed by atoms with van der Waals surface area (Å²) in [7, 11) is 0. The van der Waals surface area contributed by atoms with Gasteiger partial charge in [0, 0.05) is 23.2 Å². The molecule has 94 valence electrons. The molecule has 17 heavy (non-hydrogen) atoms. The van der Waals surface area contributed by atoms with Gasteiger partial charge in [0.1, 0.15) is 0 Å². The van der Waals surface area contributed by atoms with Crippen LogP contribution in [0.25, 0.3) is 0 Å². The predicted molar refractivity (Wildman–Crippen MR) is 71.3 cm³/mol. The minimum absolute atomic E-state index is 0.509. The van der Waals surface area contributed by atoms with Crippen molar-refractivity contribution in [3.05, 3.63) is 34.9 Å². The summed E-state index contributed by atoms with van der Waals surface area (Å²) < 4.78 is 0. The number of hydrogen-bond donors (Lipinski definition) is 2. The van der Waals surface area contributed by atoms with Crippen molar-refractivity contribution in [1.82, 2.24) is 5.32 Å². The number of halogens is 1. The molecule has 1 aliphatic rings. The number of aliphatic hydroxyl groups is 1. The van der Waals surface area contributed by atoms with Crippen LogP contribution in [-0.2, 0) is 0 Å². The summed E-state index contributed by atoms with van der Waals surface area (Å²) in [6, 6.07) is 8.06. The van der Waals surface area contributed by atoms with Gasteiger partial charge in [-0.05, 0) is 18.9 Å². The fourth-order valence-corrected chi connectivity index (χ4v) is 2.70. The average Bonchev–Trinajstić information content (AvgIpc) is 2.38. The lowest BCUT2D eigenvalue weighted by Gasteiger charge is -2.24. The molecule has 1 aromatic rings. The average molecular weight is 254 g/mol. The maximum absolute atomic E-state index is 10.1. The van der Waals surface area contributed by atoms with Crippen LogP contribution < -0.4 is 5.32 Å². The minimum Gasteiger partial charge on any atom is -0.387 e. The molecule has 1 unspecified atom stereocenters. The number of hydrogen-bond acceptors (Lipinski definition) is 2. The molecule has 1 saturated carbocycles. The molecule has 1 fully saturated rings. The fourth-order valence-electron chi connectivity index (χ4n) is 2.44. The zero-order chi connectivity index (χ0) is 12.1. The van der Waals surface area contributed by atoms with E-state index in [0.29, 0.717) is 17.6 Å². The Labute approximate surface area is 108 Å². The molecular formula is C14H20ClNO. The van der Waals surface area contributed by atoms with E-state index in [9.17, 15) is 5.11 Å². The monoisotopic (exact) mass is 253 g/mol. The van der Waals surface area contributed by atoms with Gasteiger partial charge in [-0.3, -0.25) is 0 Å². The van der Waals surface area contributed by atoms with Crippen molar-refractivity contribution < 1.29 is 5.11 Å². The molecule has 0 aromatic heterocycles. The minimum atomic E-state index is -0.509. The third-order valence-electron chi connectivity index (χ3n) is 3.47. The summed E-state index contributed by atoms with van der Waals surface area (Å²) in [5.41, 5.74) is 0.817. The third-order valence-corrected chi connectivity index (χ3v) is 3.81. The normalized spacial score (nSPS) is 19.2. The molecule has 0 amide bonds. The molecule has 3 heteroatoms. The molecule has 0 spiro atoms. The van der Waals surface area contributed by atoms with Crippen molar-refractivity contribution >= 4 is 11.6 Å². The smallest absolute Gasteiger partial charge is 0.0928 e. The van der Waals surface area contributed by atoms with E-state index in [1.54, 1.807) is 0 Å². The Kier molecular flexibility index (Phi) is 4.84.